The van der Waals surface area contributed by atoms with Crippen LogP contribution in [0.15, 0.2) is 33.8 Å². The summed E-state index contributed by atoms with van der Waals surface area (Å²) in [6.45, 7) is 0. The molecule has 0 aliphatic heterocycles. The molecule has 3 rings (SSSR count). The van der Waals surface area contributed by atoms with Gasteiger partial charge in [0.25, 0.3) is 0 Å². The first-order valence-electron chi connectivity index (χ1n) is 4.78. The molecule has 0 N–H and O–H groups in total. The van der Waals surface area contributed by atoms with E-state index in [1.165, 1.54) is 0 Å². The fourth-order valence-electron chi connectivity index (χ4n) is 1.72. The minimum absolute atomic E-state index is 0.442. The molecule has 0 amide bonds. The van der Waals surface area contributed by atoms with Crippen molar-refractivity contribution in [2.24, 2.45) is 4.99 Å². The third kappa shape index (κ3) is 1.19. The molecule has 0 radical (unpaired) electrons. The maximum absolute atomic E-state index is 10.3. The molecule has 1 saturated carbocycles. The van der Waals surface area contributed by atoms with Crippen LogP contribution in [0.25, 0.3) is 11.1 Å². The van der Waals surface area contributed by atoms with Gasteiger partial charge in [0.15, 0.2) is 5.58 Å². The van der Waals surface area contributed by atoms with Crippen LogP contribution in [-0.2, 0) is 10.3 Å². The molecule has 74 valence electrons. The highest BCUT2D eigenvalue weighted by Crippen LogP contribution is 2.50. The van der Waals surface area contributed by atoms with E-state index < -0.39 is 5.54 Å². The second-order valence-corrected chi connectivity index (χ2v) is 3.73. The molecule has 4 heteroatoms. The smallest absolute Gasteiger partial charge is 0.235 e. The number of hydrogen-bond donors (Lipinski definition) is 0. The molecular formula is C11H8N2O2. The molecule has 1 aliphatic carbocycles. The van der Waals surface area contributed by atoms with Crippen LogP contribution >= 0.6 is 0 Å². The molecule has 2 heterocycles. The number of aliphatic imine (C=N–C) groups is 1. The number of carbonyl (C=O) groups excluding carboxylic acids is 1. The van der Waals surface area contributed by atoms with Gasteiger partial charge in [0.2, 0.25) is 6.08 Å². The maximum Gasteiger partial charge on any atom is 0.235 e. The Hall–Kier alpha value is -1.93. The van der Waals surface area contributed by atoms with Gasteiger partial charge >= 0.3 is 0 Å². The standard InChI is InChI=1S/C11H8N2O2/c14-7-13-11(3-4-11)10-6-8-9(15-10)2-1-5-12-8/h1-2,5-6H,3-4H2. The summed E-state index contributed by atoms with van der Waals surface area (Å²) in [7, 11) is 0. The predicted octanol–water partition coefficient (Wildman–Crippen LogP) is 2.15. The Morgan fingerprint density at radius 3 is 3.07 bits per heavy atom. The lowest BCUT2D eigenvalue weighted by Gasteiger charge is -2.00. The summed E-state index contributed by atoms with van der Waals surface area (Å²) in [6, 6.07) is 5.52. The van der Waals surface area contributed by atoms with Crippen LogP contribution < -0.4 is 0 Å². The molecule has 0 saturated heterocycles. The van der Waals surface area contributed by atoms with Gasteiger partial charge in [-0.3, -0.25) is 4.98 Å². The van der Waals surface area contributed by atoms with Crippen molar-refractivity contribution >= 4 is 17.2 Å². The third-order valence-corrected chi connectivity index (χ3v) is 2.73. The number of hydrogen-bond acceptors (Lipinski definition) is 4. The minimum atomic E-state index is -0.442. The zero-order valence-corrected chi connectivity index (χ0v) is 7.93. The zero-order valence-electron chi connectivity index (χ0n) is 7.93. The second-order valence-electron chi connectivity index (χ2n) is 3.73. The normalized spacial score (nSPS) is 17.3. The Balaban J connectivity index is 2.16. The molecule has 0 unspecified atom stereocenters. The van der Waals surface area contributed by atoms with Gasteiger partial charge in [0.1, 0.15) is 16.8 Å². The van der Waals surface area contributed by atoms with Gasteiger partial charge in [-0.1, -0.05) is 0 Å². The maximum atomic E-state index is 10.3. The van der Waals surface area contributed by atoms with Crippen LogP contribution in [0.3, 0.4) is 0 Å². The lowest BCUT2D eigenvalue weighted by molar-refractivity contribution is 0.482. The number of fused-ring (bicyclic) bond motifs is 1. The van der Waals surface area contributed by atoms with Crippen molar-refractivity contribution in [2.45, 2.75) is 18.4 Å². The number of nitrogens with zero attached hydrogens (tertiary/aromatic N) is 2. The summed E-state index contributed by atoms with van der Waals surface area (Å²) in [5.41, 5.74) is 1.10. The van der Waals surface area contributed by atoms with E-state index in [0.29, 0.717) is 0 Å². The van der Waals surface area contributed by atoms with Crippen LogP contribution in [0, 0.1) is 0 Å². The second kappa shape index (κ2) is 2.78. The summed E-state index contributed by atoms with van der Waals surface area (Å²) >= 11 is 0. The van der Waals surface area contributed by atoms with Crippen molar-refractivity contribution in [3.8, 4) is 0 Å². The zero-order chi connectivity index (χ0) is 10.3. The molecule has 1 aliphatic rings. The quantitative estimate of drug-likeness (QED) is 0.551. The summed E-state index contributed by atoms with van der Waals surface area (Å²) < 4.78 is 5.61. The average Bonchev–Trinajstić information content (AvgIpc) is 2.91. The Morgan fingerprint density at radius 1 is 1.53 bits per heavy atom. The first-order valence-corrected chi connectivity index (χ1v) is 4.78. The van der Waals surface area contributed by atoms with Crippen molar-refractivity contribution in [1.29, 1.82) is 0 Å². The minimum Gasteiger partial charge on any atom is -0.457 e. The van der Waals surface area contributed by atoms with Gasteiger partial charge < -0.3 is 4.42 Å². The molecule has 1 fully saturated rings. The van der Waals surface area contributed by atoms with Gasteiger partial charge in [0, 0.05) is 12.3 Å². The van der Waals surface area contributed by atoms with Crippen molar-refractivity contribution in [2.75, 3.05) is 0 Å². The van der Waals surface area contributed by atoms with E-state index in [9.17, 15) is 4.79 Å². The molecule has 2 aromatic rings. The summed E-state index contributed by atoms with van der Waals surface area (Å²) in [6.07, 6.45) is 5.02. The highest BCUT2D eigenvalue weighted by Gasteiger charge is 2.48. The monoisotopic (exact) mass is 200 g/mol. The molecule has 4 nitrogen and oxygen atoms in total. The summed E-state index contributed by atoms with van der Waals surface area (Å²) in [4.78, 5) is 18.3. The first kappa shape index (κ1) is 8.38. The predicted molar refractivity (Wildman–Crippen MR) is 53.0 cm³/mol. The van der Waals surface area contributed by atoms with Crippen LogP contribution in [0.1, 0.15) is 18.6 Å². The van der Waals surface area contributed by atoms with Gasteiger partial charge in [0.05, 0.1) is 0 Å². The van der Waals surface area contributed by atoms with Crippen LogP contribution in [-0.4, -0.2) is 11.1 Å². The molecule has 0 spiro atoms. The largest absolute Gasteiger partial charge is 0.457 e. The molecule has 15 heavy (non-hydrogen) atoms. The number of isocyanates is 1. The van der Waals surface area contributed by atoms with E-state index in [1.54, 1.807) is 12.3 Å². The highest BCUT2D eigenvalue weighted by atomic mass is 16.3. The van der Waals surface area contributed by atoms with Gasteiger partial charge in [-0.25, -0.2) is 4.79 Å². The van der Waals surface area contributed by atoms with Crippen LogP contribution in [0.2, 0.25) is 0 Å². The highest BCUT2D eigenvalue weighted by molar-refractivity contribution is 5.73. The number of rotatable bonds is 2. The number of aromatic nitrogens is 1. The number of furan rings is 1. The molecule has 2 aromatic heterocycles. The Bertz CT molecular complexity index is 530. The van der Waals surface area contributed by atoms with Crippen molar-refractivity contribution in [3.05, 3.63) is 30.2 Å². The Kier molecular flexibility index (Phi) is 1.55. The van der Waals surface area contributed by atoms with Gasteiger partial charge in [-0.15, -0.1) is 0 Å². The molecule has 0 atom stereocenters. The number of pyridine rings is 1. The molecule has 0 aromatic carbocycles. The van der Waals surface area contributed by atoms with E-state index in [4.69, 9.17) is 4.42 Å². The topological polar surface area (TPSA) is 55.5 Å². The van der Waals surface area contributed by atoms with Crippen molar-refractivity contribution in [1.82, 2.24) is 4.98 Å². The van der Waals surface area contributed by atoms with E-state index >= 15 is 0 Å². The fraction of sp³-hybridized carbons (Fsp3) is 0.273. The lowest BCUT2D eigenvalue weighted by Crippen LogP contribution is -1.99. The summed E-state index contributed by atoms with van der Waals surface area (Å²) in [5, 5.41) is 0. The lowest BCUT2D eigenvalue weighted by atomic mass is 10.2. The SMILES string of the molecule is O=C=NC1(c2cc3ncccc3o2)CC1. The van der Waals surface area contributed by atoms with Gasteiger partial charge in [-0.2, -0.15) is 4.99 Å². The fourth-order valence-corrected chi connectivity index (χ4v) is 1.72. The van der Waals surface area contributed by atoms with E-state index in [-0.39, 0.29) is 0 Å². The van der Waals surface area contributed by atoms with Gasteiger partial charge in [-0.05, 0) is 25.0 Å². The average molecular weight is 200 g/mol. The van der Waals surface area contributed by atoms with E-state index in [1.807, 2.05) is 18.2 Å². The van der Waals surface area contributed by atoms with Crippen LogP contribution in [0.4, 0.5) is 0 Å². The molecular weight excluding hydrogens is 192 g/mol. The molecule has 0 bridgehead atoms. The van der Waals surface area contributed by atoms with Crippen molar-refractivity contribution < 1.29 is 9.21 Å². The van der Waals surface area contributed by atoms with Crippen LogP contribution in [0.5, 0.6) is 0 Å². The Morgan fingerprint density at radius 2 is 2.40 bits per heavy atom. The Labute approximate surface area is 85.6 Å². The first-order chi connectivity index (χ1) is 7.34. The van der Waals surface area contributed by atoms with E-state index in [2.05, 4.69) is 9.98 Å². The summed E-state index contributed by atoms with van der Waals surface area (Å²) in [5.74, 6) is 0.722. The van der Waals surface area contributed by atoms with Crippen molar-refractivity contribution in [3.63, 3.8) is 0 Å². The third-order valence-electron chi connectivity index (χ3n) is 2.73. The van der Waals surface area contributed by atoms with E-state index in [0.717, 1.165) is 29.7 Å².